The molecule has 0 aliphatic carbocycles. The Labute approximate surface area is 191 Å². The van der Waals surface area contributed by atoms with E-state index in [2.05, 4.69) is 10.5 Å². The van der Waals surface area contributed by atoms with Crippen molar-refractivity contribution in [1.82, 2.24) is 5.43 Å². The summed E-state index contributed by atoms with van der Waals surface area (Å²) in [7, 11) is 1.57. The summed E-state index contributed by atoms with van der Waals surface area (Å²) < 4.78 is 21.2. The van der Waals surface area contributed by atoms with Crippen LogP contribution >= 0.6 is 0 Å². The number of hydrazone groups is 1. The third-order valence-corrected chi connectivity index (χ3v) is 4.32. The minimum Gasteiger partial charge on any atom is -0.497 e. The Morgan fingerprint density at radius 2 is 1.39 bits per heavy atom. The monoisotopic (exact) mass is 448 g/mol. The second-order valence-electron chi connectivity index (χ2n) is 6.67. The van der Waals surface area contributed by atoms with Crippen molar-refractivity contribution in [3.63, 3.8) is 0 Å². The number of benzene rings is 3. The molecule has 0 saturated heterocycles. The summed E-state index contributed by atoms with van der Waals surface area (Å²) >= 11 is 0. The first kappa shape index (κ1) is 23.3. The van der Waals surface area contributed by atoms with E-state index < -0.39 is 11.9 Å². The zero-order valence-electron chi connectivity index (χ0n) is 18.3. The van der Waals surface area contributed by atoms with Gasteiger partial charge in [0.25, 0.3) is 5.91 Å². The van der Waals surface area contributed by atoms with Crippen molar-refractivity contribution in [2.75, 3.05) is 20.3 Å². The van der Waals surface area contributed by atoms with Crippen molar-refractivity contribution in [2.45, 2.75) is 6.92 Å². The maximum absolute atomic E-state index is 12.3. The van der Waals surface area contributed by atoms with E-state index >= 15 is 0 Å². The fourth-order valence-electron chi connectivity index (χ4n) is 2.67. The molecule has 1 amide bonds. The Bertz CT molecular complexity index is 1080. The molecule has 3 aromatic carbocycles. The van der Waals surface area contributed by atoms with E-state index in [9.17, 15) is 9.59 Å². The van der Waals surface area contributed by atoms with E-state index in [1.54, 1.807) is 79.9 Å². The maximum Gasteiger partial charge on any atom is 0.343 e. The van der Waals surface area contributed by atoms with Gasteiger partial charge in [0.1, 0.15) is 23.0 Å². The van der Waals surface area contributed by atoms with Crippen molar-refractivity contribution in [2.24, 2.45) is 5.10 Å². The molecule has 0 aromatic heterocycles. The smallest absolute Gasteiger partial charge is 0.343 e. The summed E-state index contributed by atoms with van der Waals surface area (Å²) in [5.41, 5.74) is 3.53. The van der Waals surface area contributed by atoms with Gasteiger partial charge in [-0.2, -0.15) is 5.10 Å². The maximum atomic E-state index is 12.3. The number of hydrogen-bond donors (Lipinski definition) is 1. The summed E-state index contributed by atoms with van der Waals surface area (Å²) in [5.74, 6) is 1.46. The minimum atomic E-state index is -0.469. The van der Waals surface area contributed by atoms with Crippen LogP contribution < -0.4 is 24.4 Å². The predicted octanol–water partition coefficient (Wildman–Crippen LogP) is 3.84. The zero-order valence-corrected chi connectivity index (χ0v) is 18.3. The average molecular weight is 448 g/mol. The molecule has 0 aliphatic rings. The molecule has 0 atom stereocenters. The molecule has 0 radical (unpaired) electrons. The number of hydrogen-bond acceptors (Lipinski definition) is 7. The molecule has 8 nitrogen and oxygen atoms in total. The minimum absolute atomic E-state index is 0.176. The van der Waals surface area contributed by atoms with Gasteiger partial charge in [-0.15, -0.1) is 0 Å². The molecular weight excluding hydrogens is 424 g/mol. The number of amides is 1. The lowest BCUT2D eigenvalue weighted by Crippen LogP contribution is -2.24. The fraction of sp³-hybridized carbons (Fsp3) is 0.160. The quantitative estimate of drug-likeness (QED) is 0.219. The van der Waals surface area contributed by atoms with Gasteiger partial charge in [-0.1, -0.05) is 0 Å². The Hall–Kier alpha value is -4.33. The highest BCUT2D eigenvalue weighted by atomic mass is 16.5. The van der Waals surface area contributed by atoms with Crippen molar-refractivity contribution < 1.29 is 28.5 Å². The lowest BCUT2D eigenvalue weighted by molar-refractivity contribution is -0.123. The fourth-order valence-corrected chi connectivity index (χ4v) is 2.67. The van der Waals surface area contributed by atoms with Crippen molar-refractivity contribution in [1.29, 1.82) is 0 Å². The molecule has 0 unspecified atom stereocenters. The molecule has 8 heteroatoms. The lowest BCUT2D eigenvalue weighted by atomic mass is 10.2. The number of carbonyl (C=O) groups excluding carboxylic acids is 2. The standard InChI is InChI=1S/C25H24N2O6/c1-3-31-21-10-6-19(7-11-21)25(29)33-23-8-4-18(5-9-23)16-26-27-24(28)17-32-22-14-12-20(30-2)13-15-22/h4-16H,3,17H2,1-2H3,(H,27,28). The Morgan fingerprint density at radius 3 is 2.03 bits per heavy atom. The summed E-state index contributed by atoms with van der Waals surface area (Å²) in [6.07, 6.45) is 1.48. The van der Waals surface area contributed by atoms with Gasteiger partial charge in [0.15, 0.2) is 6.61 Å². The summed E-state index contributed by atoms with van der Waals surface area (Å²) in [6.45, 7) is 2.27. The van der Waals surface area contributed by atoms with Crippen LogP contribution in [0.5, 0.6) is 23.0 Å². The molecule has 0 bridgehead atoms. The van der Waals surface area contributed by atoms with Crippen molar-refractivity contribution in [3.05, 3.63) is 83.9 Å². The van der Waals surface area contributed by atoms with Gasteiger partial charge in [-0.05, 0) is 85.3 Å². The second-order valence-corrected chi connectivity index (χ2v) is 6.67. The number of nitrogens with zero attached hydrogens (tertiary/aromatic N) is 1. The van der Waals surface area contributed by atoms with E-state index in [0.717, 1.165) is 0 Å². The van der Waals surface area contributed by atoms with E-state index in [0.29, 0.717) is 40.7 Å². The van der Waals surface area contributed by atoms with Gasteiger partial charge >= 0.3 is 5.97 Å². The van der Waals surface area contributed by atoms with Crippen LogP contribution in [0, 0.1) is 0 Å². The van der Waals surface area contributed by atoms with Crippen LogP contribution in [0.3, 0.4) is 0 Å². The van der Waals surface area contributed by atoms with Gasteiger partial charge < -0.3 is 18.9 Å². The third kappa shape index (κ3) is 7.39. The van der Waals surface area contributed by atoms with Crippen LogP contribution in [0.4, 0.5) is 0 Å². The molecule has 3 rings (SSSR count). The SMILES string of the molecule is CCOc1ccc(C(=O)Oc2ccc(C=NNC(=O)COc3ccc(OC)cc3)cc2)cc1. The van der Waals surface area contributed by atoms with Crippen LogP contribution in [0.2, 0.25) is 0 Å². The second kappa shape index (κ2) is 11.9. The number of rotatable bonds is 10. The van der Waals surface area contributed by atoms with Crippen LogP contribution in [0.1, 0.15) is 22.8 Å². The predicted molar refractivity (Wildman–Crippen MR) is 123 cm³/mol. The zero-order chi connectivity index (χ0) is 23.5. The highest BCUT2D eigenvalue weighted by molar-refractivity contribution is 5.91. The normalized spacial score (nSPS) is 10.5. The average Bonchev–Trinajstić information content (AvgIpc) is 2.85. The molecule has 0 spiro atoms. The van der Waals surface area contributed by atoms with Gasteiger partial charge in [-0.25, -0.2) is 10.2 Å². The van der Waals surface area contributed by atoms with Crippen LogP contribution in [-0.4, -0.2) is 38.4 Å². The largest absolute Gasteiger partial charge is 0.497 e. The number of ether oxygens (including phenoxy) is 4. The summed E-state index contributed by atoms with van der Waals surface area (Å²) in [5, 5.41) is 3.90. The molecule has 0 fully saturated rings. The van der Waals surface area contributed by atoms with E-state index in [4.69, 9.17) is 18.9 Å². The Balaban J connectivity index is 1.44. The van der Waals surface area contributed by atoms with Crippen LogP contribution in [0.25, 0.3) is 0 Å². The first-order valence-electron chi connectivity index (χ1n) is 10.2. The lowest BCUT2D eigenvalue weighted by Gasteiger charge is -2.06. The first-order valence-corrected chi connectivity index (χ1v) is 10.2. The molecule has 1 N–H and O–H groups in total. The summed E-state index contributed by atoms with van der Waals surface area (Å²) in [4.78, 5) is 24.1. The molecule has 33 heavy (non-hydrogen) atoms. The van der Waals surface area contributed by atoms with E-state index in [-0.39, 0.29) is 6.61 Å². The molecular formula is C25H24N2O6. The third-order valence-electron chi connectivity index (χ3n) is 4.32. The van der Waals surface area contributed by atoms with Gasteiger partial charge in [0.05, 0.1) is 25.5 Å². The van der Waals surface area contributed by atoms with Crippen molar-refractivity contribution >= 4 is 18.1 Å². The molecule has 170 valence electrons. The number of methoxy groups -OCH3 is 1. The first-order chi connectivity index (χ1) is 16.1. The molecule has 0 saturated carbocycles. The van der Waals surface area contributed by atoms with E-state index in [1.807, 2.05) is 6.92 Å². The highest BCUT2D eigenvalue weighted by Gasteiger charge is 2.09. The Morgan fingerprint density at radius 1 is 0.818 bits per heavy atom. The van der Waals surface area contributed by atoms with E-state index in [1.165, 1.54) is 6.21 Å². The van der Waals surface area contributed by atoms with Crippen LogP contribution in [0.15, 0.2) is 77.9 Å². The number of nitrogens with one attached hydrogen (secondary N) is 1. The Kier molecular flexibility index (Phi) is 8.41. The molecule has 0 aliphatic heterocycles. The van der Waals surface area contributed by atoms with Gasteiger partial charge in [-0.3, -0.25) is 4.79 Å². The molecule has 0 heterocycles. The topological polar surface area (TPSA) is 95.5 Å². The summed E-state index contributed by atoms with van der Waals surface area (Å²) in [6, 6.07) is 20.3. The number of esters is 1. The highest BCUT2D eigenvalue weighted by Crippen LogP contribution is 2.17. The van der Waals surface area contributed by atoms with Crippen LogP contribution in [-0.2, 0) is 4.79 Å². The van der Waals surface area contributed by atoms with Crippen molar-refractivity contribution in [3.8, 4) is 23.0 Å². The number of carbonyl (C=O) groups is 2. The van der Waals surface area contributed by atoms with Gasteiger partial charge in [0.2, 0.25) is 0 Å². The molecule has 3 aromatic rings. The van der Waals surface area contributed by atoms with Gasteiger partial charge in [0, 0.05) is 0 Å².